The van der Waals surface area contributed by atoms with Crippen molar-refractivity contribution in [2.45, 2.75) is 6.23 Å². The van der Waals surface area contributed by atoms with Crippen LogP contribution in [0.3, 0.4) is 0 Å². The molecule has 3 rings (SSSR count). The predicted octanol–water partition coefficient (Wildman–Crippen LogP) is 2.42. The van der Waals surface area contributed by atoms with Crippen LogP contribution in [0.25, 0.3) is 6.08 Å². The Balaban J connectivity index is 2.00. The minimum Gasteiger partial charge on any atom is -0.493 e. The standard InChI is InChI=1S/C15H15BrN2O3/c1-19-13-8-12(16)7-10-6-11(9-17)15(21-14(10)13)18-2-4-20-5-3-18/h6-8,15H,2-5H2,1H3. The first kappa shape index (κ1) is 14.4. The molecule has 1 fully saturated rings. The number of nitrogens with zero attached hydrogens (tertiary/aromatic N) is 2. The highest BCUT2D eigenvalue weighted by Gasteiger charge is 2.31. The molecule has 21 heavy (non-hydrogen) atoms. The van der Waals surface area contributed by atoms with Crippen molar-refractivity contribution in [3.05, 3.63) is 27.7 Å². The van der Waals surface area contributed by atoms with Crippen LogP contribution in [0.2, 0.25) is 0 Å². The molecule has 1 aromatic carbocycles. The molecular weight excluding hydrogens is 336 g/mol. The quantitative estimate of drug-likeness (QED) is 0.819. The lowest BCUT2D eigenvalue weighted by Crippen LogP contribution is -2.47. The lowest BCUT2D eigenvalue weighted by atomic mass is 10.0. The third-order valence-electron chi connectivity index (χ3n) is 3.58. The lowest BCUT2D eigenvalue weighted by Gasteiger charge is -2.36. The fourth-order valence-electron chi connectivity index (χ4n) is 2.56. The van der Waals surface area contributed by atoms with Crippen molar-refractivity contribution < 1.29 is 14.2 Å². The van der Waals surface area contributed by atoms with E-state index in [0.29, 0.717) is 30.3 Å². The fourth-order valence-corrected chi connectivity index (χ4v) is 3.01. The van der Waals surface area contributed by atoms with Crippen molar-refractivity contribution in [2.24, 2.45) is 0 Å². The van der Waals surface area contributed by atoms with Gasteiger partial charge in [-0.25, -0.2) is 0 Å². The third-order valence-corrected chi connectivity index (χ3v) is 4.04. The molecule has 2 aliphatic heterocycles. The zero-order chi connectivity index (χ0) is 14.8. The van der Waals surface area contributed by atoms with E-state index in [0.717, 1.165) is 23.1 Å². The maximum atomic E-state index is 9.41. The Morgan fingerprint density at radius 2 is 2.14 bits per heavy atom. The SMILES string of the molecule is COc1cc(Br)cc2c1OC(N1CCOCC1)C(C#N)=C2. The number of halogens is 1. The number of morpholine rings is 1. The Kier molecular flexibility index (Phi) is 4.15. The van der Waals surface area contributed by atoms with Crippen molar-refractivity contribution in [3.8, 4) is 17.6 Å². The molecule has 0 spiro atoms. The van der Waals surface area contributed by atoms with Crippen LogP contribution in [-0.2, 0) is 4.74 Å². The van der Waals surface area contributed by atoms with Gasteiger partial charge >= 0.3 is 0 Å². The molecule has 6 heteroatoms. The molecule has 2 aliphatic rings. The van der Waals surface area contributed by atoms with Gasteiger partial charge in [-0.1, -0.05) is 15.9 Å². The summed E-state index contributed by atoms with van der Waals surface area (Å²) >= 11 is 3.44. The van der Waals surface area contributed by atoms with Crippen LogP contribution in [-0.4, -0.2) is 44.5 Å². The summed E-state index contributed by atoms with van der Waals surface area (Å²) in [6, 6.07) is 6.03. The summed E-state index contributed by atoms with van der Waals surface area (Å²) in [5.74, 6) is 1.34. The molecule has 0 amide bonds. The van der Waals surface area contributed by atoms with Gasteiger partial charge in [0.25, 0.3) is 0 Å². The van der Waals surface area contributed by atoms with E-state index in [1.807, 2.05) is 18.2 Å². The van der Waals surface area contributed by atoms with Gasteiger partial charge in [-0.3, -0.25) is 4.90 Å². The number of benzene rings is 1. The molecule has 0 aliphatic carbocycles. The molecular formula is C15H15BrN2O3. The fraction of sp³-hybridized carbons (Fsp3) is 0.400. The Morgan fingerprint density at radius 3 is 2.81 bits per heavy atom. The van der Waals surface area contributed by atoms with E-state index in [1.165, 1.54) is 0 Å². The Hall–Kier alpha value is -1.55. The van der Waals surface area contributed by atoms with Gasteiger partial charge in [0.15, 0.2) is 17.7 Å². The van der Waals surface area contributed by atoms with Gasteiger partial charge in [0.1, 0.15) is 6.07 Å². The Labute approximate surface area is 131 Å². The maximum absolute atomic E-state index is 9.41. The molecule has 110 valence electrons. The first-order chi connectivity index (χ1) is 10.2. The molecule has 1 unspecified atom stereocenters. The van der Waals surface area contributed by atoms with Gasteiger partial charge in [0.2, 0.25) is 0 Å². The van der Waals surface area contributed by atoms with E-state index in [1.54, 1.807) is 7.11 Å². The predicted molar refractivity (Wildman–Crippen MR) is 81.1 cm³/mol. The Morgan fingerprint density at radius 1 is 1.38 bits per heavy atom. The minimum atomic E-state index is -0.374. The molecule has 2 heterocycles. The number of methoxy groups -OCH3 is 1. The van der Waals surface area contributed by atoms with Crippen LogP contribution in [0.5, 0.6) is 11.5 Å². The molecule has 1 aromatic rings. The molecule has 0 aromatic heterocycles. The summed E-state index contributed by atoms with van der Waals surface area (Å²) in [7, 11) is 1.61. The van der Waals surface area contributed by atoms with Crippen molar-refractivity contribution in [1.29, 1.82) is 5.26 Å². The van der Waals surface area contributed by atoms with Crippen LogP contribution < -0.4 is 9.47 Å². The molecule has 0 saturated carbocycles. The molecule has 0 bridgehead atoms. The largest absolute Gasteiger partial charge is 0.493 e. The highest BCUT2D eigenvalue weighted by atomic mass is 79.9. The molecule has 0 N–H and O–H groups in total. The van der Waals surface area contributed by atoms with E-state index >= 15 is 0 Å². The van der Waals surface area contributed by atoms with E-state index in [-0.39, 0.29) is 6.23 Å². The number of nitriles is 1. The van der Waals surface area contributed by atoms with Crippen LogP contribution >= 0.6 is 15.9 Å². The number of hydrogen-bond donors (Lipinski definition) is 0. The summed E-state index contributed by atoms with van der Waals surface area (Å²) < 4.78 is 17.7. The molecule has 0 radical (unpaired) electrons. The summed E-state index contributed by atoms with van der Waals surface area (Å²) in [5.41, 5.74) is 1.45. The lowest BCUT2D eigenvalue weighted by molar-refractivity contribution is -0.0296. The van der Waals surface area contributed by atoms with Crippen molar-refractivity contribution in [2.75, 3.05) is 33.4 Å². The van der Waals surface area contributed by atoms with Gasteiger partial charge in [0, 0.05) is 23.1 Å². The summed E-state index contributed by atoms with van der Waals surface area (Å²) in [4.78, 5) is 2.11. The average molecular weight is 351 g/mol. The normalized spacial score (nSPS) is 21.8. The van der Waals surface area contributed by atoms with Crippen LogP contribution in [0.1, 0.15) is 5.56 Å². The Bertz CT molecular complexity index is 618. The van der Waals surface area contributed by atoms with E-state index in [9.17, 15) is 5.26 Å². The van der Waals surface area contributed by atoms with Gasteiger partial charge in [-0.15, -0.1) is 0 Å². The van der Waals surface area contributed by atoms with Gasteiger partial charge in [-0.05, 0) is 18.2 Å². The van der Waals surface area contributed by atoms with Gasteiger partial charge < -0.3 is 14.2 Å². The monoisotopic (exact) mass is 350 g/mol. The number of hydrogen-bond acceptors (Lipinski definition) is 5. The molecule has 1 saturated heterocycles. The van der Waals surface area contributed by atoms with E-state index in [4.69, 9.17) is 14.2 Å². The molecule has 5 nitrogen and oxygen atoms in total. The number of ether oxygens (including phenoxy) is 3. The summed E-state index contributed by atoms with van der Waals surface area (Å²) in [6.45, 7) is 2.81. The second-order valence-corrected chi connectivity index (χ2v) is 5.77. The van der Waals surface area contributed by atoms with Crippen LogP contribution in [0.4, 0.5) is 0 Å². The summed E-state index contributed by atoms with van der Waals surface area (Å²) in [5, 5.41) is 9.41. The van der Waals surface area contributed by atoms with E-state index in [2.05, 4.69) is 26.9 Å². The first-order valence-corrected chi connectivity index (χ1v) is 7.50. The van der Waals surface area contributed by atoms with Gasteiger partial charge in [-0.2, -0.15) is 5.26 Å². The second kappa shape index (κ2) is 6.06. The number of rotatable bonds is 2. The average Bonchev–Trinajstić information content (AvgIpc) is 2.53. The highest BCUT2D eigenvalue weighted by molar-refractivity contribution is 9.10. The summed E-state index contributed by atoms with van der Waals surface area (Å²) in [6.07, 6.45) is 1.49. The van der Waals surface area contributed by atoms with Crippen LogP contribution in [0, 0.1) is 11.3 Å². The third kappa shape index (κ3) is 2.77. The van der Waals surface area contributed by atoms with Crippen molar-refractivity contribution in [1.82, 2.24) is 4.90 Å². The van der Waals surface area contributed by atoms with Crippen molar-refractivity contribution in [3.63, 3.8) is 0 Å². The van der Waals surface area contributed by atoms with Crippen molar-refractivity contribution >= 4 is 22.0 Å². The topological polar surface area (TPSA) is 54.7 Å². The highest BCUT2D eigenvalue weighted by Crippen LogP contribution is 2.40. The maximum Gasteiger partial charge on any atom is 0.189 e. The zero-order valence-electron chi connectivity index (χ0n) is 11.6. The number of fused-ring (bicyclic) bond motifs is 1. The van der Waals surface area contributed by atoms with Gasteiger partial charge in [0.05, 0.1) is 25.9 Å². The molecule has 1 atom stereocenters. The first-order valence-electron chi connectivity index (χ1n) is 6.70. The second-order valence-electron chi connectivity index (χ2n) is 4.86. The smallest absolute Gasteiger partial charge is 0.189 e. The van der Waals surface area contributed by atoms with E-state index < -0.39 is 0 Å². The minimum absolute atomic E-state index is 0.374. The van der Waals surface area contributed by atoms with Crippen LogP contribution in [0.15, 0.2) is 22.2 Å². The zero-order valence-corrected chi connectivity index (χ0v) is 13.2.